The average molecular weight is 1300 g/mol. The van der Waals surface area contributed by atoms with E-state index in [2.05, 4.69) is 92.1 Å². The first kappa shape index (κ1) is 85.3. The zero-order valence-corrected chi connectivity index (χ0v) is 58.3. The first-order valence-corrected chi connectivity index (χ1v) is 37.8. The highest BCUT2D eigenvalue weighted by molar-refractivity contribution is 5.76. The molecule has 534 valence electrons. The molecule has 1 amide bonds. The smallest absolute Gasteiger partial charge is 0.220 e. The molecule has 2 heterocycles. The summed E-state index contributed by atoms with van der Waals surface area (Å²) >= 11 is 0. The molecule has 0 bridgehead atoms. The lowest BCUT2D eigenvalue weighted by Crippen LogP contribution is -2.65. The molecule has 0 aromatic heterocycles. The molecule has 0 spiro atoms. The normalized spacial score (nSPS) is 23.2. The van der Waals surface area contributed by atoms with Gasteiger partial charge in [0.15, 0.2) is 12.6 Å². The molecule has 0 aromatic carbocycles. The Morgan fingerprint density at radius 3 is 1.20 bits per heavy atom. The quantitative estimate of drug-likeness (QED) is 0.0204. The lowest BCUT2D eigenvalue weighted by molar-refractivity contribution is -0.359. The number of hydrogen-bond acceptors (Lipinski definition) is 13. The molecule has 14 nitrogen and oxygen atoms in total. The highest BCUT2D eigenvalue weighted by Crippen LogP contribution is 2.30. The maximum absolute atomic E-state index is 13.3. The van der Waals surface area contributed by atoms with Gasteiger partial charge >= 0.3 is 0 Å². The van der Waals surface area contributed by atoms with Crippen molar-refractivity contribution in [2.75, 3.05) is 19.8 Å². The van der Waals surface area contributed by atoms with Crippen LogP contribution in [0.2, 0.25) is 0 Å². The lowest BCUT2D eigenvalue weighted by atomic mass is 9.97. The lowest BCUT2D eigenvalue weighted by Gasteiger charge is -2.46. The van der Waals surface area contributed by atoms with E-state index >= 15 is 0 Å². The molecule has 14 heteroatoms. The van der Waals surface area contributed by atoms with E-state index in [-0.39, 0.29) is 18.9 Å². The van der Waals surface area contributed by atoms with Crippen molar-refractivity contribution in [3.8, 4) is 0 Å². The summed E-state index contributed by atoms with van der Waals surface area (Å²) in [6, 6.07) is -0.939. The van der Waals surface area contributed by atoms with E-state index in [1.807, 2.05) is 6.08 Å². The Morgan fingerprint density at radius 2 is 0.761 bits per heavy atom. The molecule has 0 radical (unpaired) electrons. The van der Waals surface area contributed by atoms with E-state index in [9.17, 15) is 45.6 Å². The molecule has 2 fully saturated rings. The maximum Gasteiger partial charge on any atom is 0.220 e. The number of carbonyl (C=O) groups is 1. The first-order chi connectivity index (χ1) is 45.1. The third kappa shape index (κ3) is 44.8. The number of amides is 1. The Hall–Kier alpha value is -2.83. The predicted molar refractivity (Wildman–Crippen MR) is 378 cm³/mol. The molecule has 0 aromatic rings. The van der Waals surface area contributed by atoms with Crippen LogP contribution in [0.25, 0.3) is 0 Å². The third-order valence-electron chi connectivity index (χ3n) is 18.0. The van der Waals surface area contributed by atoms with Gasteiger partial charge in [-0.2, -0.15) is 0 Å². The van der Waals surface area contributed by atoms with Gasteiger partial charge in [0.25, 0.3) is 0 Å². The number of aliphatic hydroxyl groups is 8. The topological polar surface area (TPSA) is 228 Å². The van der Waals surface area contributed by atoms with Gasteiger partial charge in [0.1, 0.15) is 48.8 Å². The molecule has 2 aliphatic rings. The van der Waals surface area contributed by atoms with Crippen LogP contribution in [-0.4, -0.2) is 140 Å². The van der Waals surface area contributed by atoms with Gasteiger partial charge in [0, 0.05) is 6.42 Å². The van der Waals surface area contributed by atoms with Crippen LogP contribution in [0.3, 0.4) is 0 Å². The summed E-state index contributed by atoms with van der Waals surface area (Å²) in [4.78, 5) is 13.3. The standard InChI is InChI=1S/C78H139NO13/c1-3-5-7-9-11-13-15-17-19-21-22-23-24-25-26-27-28-29-30-31-32-33-34-35-36-37-38-39-40-41-42-43-44-46-48-50-52-54-56-58-60-62-70(83)79-66(67(82)61-59-57-55-53-51-49-47-45-20-18-16-14-12-10-8-6-4-2)65-89-77-75(88)73(86)76(69(64-81)91-77)92-78-74(87)72(85)71(84)68(63-80)90-78/h5,7,11,13,17,19-20,22-23,45,51,53,59,61,66-69,71-78,80-82,84-88H,3-4,6,8-10,12,14-16,18,21,24-44,46-50,52,54-58,60,62-65H2,1-2H3,(H,79,83)/b7-5-,13-11-,19-17-,23-22-,45-20+,53-51+,61-59+. The molecule has 12 atom stereocenters. The zero-order valence-electron chi connectivity index (χ0n) is 58.3. The Bertz CT molecular complexity index is 1870. The van der Waals surface area contributed by atoms with Crippen LogP contribution in [0.4, 0.5) is 0 Å². The number of aliphatic hydroxyl groups excluding tert-OH is 8. The summed E-state index contributed by atoms with van der Waals surface area (Å²) in [5.41, 5.74) is 0. The second-order valence-electron chi connectivity index (χ2n) is 26.4. The van der Waals surface area contributed by atoms with E-state index in [4.69, 9.17) is 18.9 Å². The molecule has 9 N–H and O–H groups in total. The fourth-order valence-corrected chi connectivity index (χ4v) is 12.1. The van der Waals surface area contributed by atoms with E-state index in [1.165, 1.54) is 205 Å². The van der Waals surface area contributed by atoms with E-state index in [0.717, 1.165) is 70.6 Å². The van der Waals surface area contributed by atoms with Gasteiger partial charge in [0.05, 0.1) is 32.0 Å². The number of rotatable bonds is 62. The summed E-state index contributed by atoms with van der Waals surface area (Å²) in [7, 11) is 0. The molecule has 2 aliphatic heterocycles. The number of hydrogen-bond donors (Lipinski definition) is 9. The summed E-state index contributed by atoms with van der Waals surface area (Å²) in [5.74, 6) is -0.250. The van der Waals surface area contributed by atoms with Crippen molar-refractivity contribution in [2.24, 2.45) is 0 Å². The van der Waals surface area contributed by atoms with Crippen LogP contribution in [0.1, 0.15) is 309 Å². The number of carbonyl (C=O) groups excluding carboxylic acids is 1. The second-order valence-corrected chi connectivity index (χ2v) is 26.4. The van der Waals surface area contributed by atoms with Crippen molar-refractivity contribution in [1.82, 2.24) is 5.32 Å². The average Bonchev–Trinajstić information content (AvgIpc) is 0.856. The number of ether oxygens (including phenoxy) is 4. The number of nitrogens with one attached hydrogen (secondary N) is 1. The largest absolute Gasteiger partial charge is 0.394 e. The molecule has 12 unspecified atom stereocenters. The number of allylic oxidation sites excluding steroid dienone is 13. The summed E-state index contributed by atoms with van der Waals surface area (Å²) in [5, 5.41) is 87.4. The second kappa shape index (κ2) is 61.7. The summed E-state index contributed by atoms with van der Waals surface area (Å²) in [6.45, 7) is 2.68. The zero-order chi connectivity index (χ0) is 66.6. The van der Waals surface area contributed by atoms with Gasteiger partial charge < -0.3 is 65.1 Å². The van der Waals surface area contributed by atoms with E-state index in [0.29, 0.717) is 12.8 Å². The van der Waals surface area contributed by atoms with Gasteiger partial charge in [-0.25, -0.2) is 0 Å². The number of unbranched alkanes of at least 4 members (excludes halogenated alkanes) is 37. The van der Waals surface area contributed by atoms with Crippen molar-refractivity contribution in [3.05, 3.63) is 85.1 Å². The molecular weight excluding hydrogens is 1160 g/mol. The van der Waals surface area contributed by atoms with E-state index in [1.54, 1.807) is 6.08 Å². The minimum atomic E-state index is -1.79. The van der Waals surface area contributed by atoms with Gasteiger partial charge in [-0.1, -0.05) is 304 Å². The third-order valence-corrected chi connectivity index (χ3v) is 18.0. The highest BCUT2D eigenvalue weighted by Gasteiger charge is 2.51. The Kier molecular flexibility index (Phi) is 57.2. The van der Waals surface area contributed by atoms with Crippen LogP contribution < -0.4 is 5.32 Å². The van der Waals surface area contributed by atoms with Gasteiger partial charge in [0.2, 0.25) is 5.91 Å². The highest BCUT2D eigenvalue weighted by atomic mass is 16.7. The molecule has 2 rings (SSSR count). The van der Waals surface area contributed by atoms with Crippen molar-refractivity contribution in [1.29, 1.82) is 0 Å². The Balaban J connectivity index is 1.56. The molecule has 0 saturated carbocycles. The van der Waals surface area contributed by atoms with Gasteiger partial charge in [-0.15, -0.1) is 0 Å². The monoisotopic (exact) mass is 1300 g/mol. The van der Waals surface area contributed by atoms with Crippen molar-refractivity contribution >= 4 is 5.91 Å². The van der Waals surface area contributed by atoms with Crippen LogP contribution in [-0.2, 0) is 23.7 Å². The fourth-order valence-electron chi connectivity index (χ4n) is 12.1. The summed E-state index contributed by atoms with van der Waals surface area (Å²) in [6.07, 6.45) is 69.7. The van der Waals surface area contributed by atoms with Crippen LogP contribution in [0.5, 0.6) is 0 Å². The van der Waals surface area contributed by atoms with Gasteiger partial charge in [-0.3, -0.25) is 4.79 Å². The Morgan fingerprint density at radius 1 is 0.402 bits per heavy atom. The Labute approximate surface area is 561 Å². The minimum Gasteiger partial charge on any atom is -0.394 e. The molecule has 2 saturated heterocycles. The molecule has 0 aliphatic carbocycles. The SMILES string of the molecule is CC/C=C\C/C=C\C/C=C\C/C=C\CCCCCCCCCCCCCCCCCCCCCCCCCCCCCCC(=O)NC(COC1OC(CO)C(OC2OC(CO)C(O)C(O)C2O)C(O)C1O)C(O)/C=C/CC/C=C/CC/C=C/CCCCCCCCC. The van der Waals surface area contributed by atoms with Crippen LogP contribution in [0, 0.1) is 0 Å². The van der Waals surface area contributed by atoms with E-state index < -0.39 is 86.8 Å². The van der Waals surface area contributed by atoms with Crippen LogP contribution in [0.15, 0.2) is 85.1 Å². The summed E-state index contributed by atoms with van der Waals surface area (Å²) < 4.78 is 22.8. The van der Waals surface area contributed by atoms with Gasteiger partial charge in [-0.05, 0) is 83.5 Å². The predicted octanol–water partition coefficient (Wildman–Crippen LogP) is 16.4. The van der Waals surface area contributed by atoms with Crippen LogP contribution >= 0.6 is 0 Å². The maximum atomic E-state index is 13.3. The van der Waals surface area contributed by atoms with Crippen molar-refractivity contribution < 1.29 is 64.6 Å². The minimum absolute atomic E-state index is 0.250. The van der Waals surface area contributed by atoms with Crippen molar-refractivity contribution in [2.45, 2.75) is 383 Å². The van der Waals surface area contributed by atoms with Crippen molar-refractivity contribution in [3.63, 3.8) is 0 Å². The molecule has 92 heavy (non-hydrogen) atoms. The fraction of sp³-hybridized carbons (Fsp3) is 0.808. The first-order valence-electron chi connectivity index (χ1n) is 37.8. The molecular formula is C78H139NO13.